The molecule has 0 N–H and O–H groups in total. The van der Waals surface area contributed by atoms with Crippen LogP contribution in [0.1, 0.15) is 11.1 Å². The zero-order valence-electron chi connectivity index (χ0n) is 10.9. The fraction of sp³-hybridized carbons (Fsp3) is 0.176. The van der Waals surface area contributed by atoms with E-state index >= 15 is 0 Å². The van der Waals surface area contributed by atoms with Crippen molar-refractivity contribution in [2.24, 2.45) is 0 Å². The van der Waals surface area contributed by atoms with Gasteiger partial charge in [0.15, 0.2) is 0 Å². The zero-order chi connectivity index (χ0) is 14.0. The van der Waals surface area contributed by atoms with Gasteiger partial charge in [0.1, 0.15) is 5.60 Å². The highest BCUT2D eigenvalue weighted by molar-refractivity contribution is 9.09. The molecule has 0 aromatic heterocycles. The van der Waals surface area contributed by atoms with E-state index in [1.54, 1.807) is 0 Å². The molecule has 0 saturated heterocycles. The van der Waals surface area contributed by atoms with Gasteiger partial charge < -0.3 is 4.74 Å². The smallest absolute Gasteiger partial charge is 0.122 e. The van der Waals surface area contributed by atoms with Gasteiger partial charge in [0.05, 0.1) is 6.61 Å². The first-order valence-corrected chi connectivity index (χ1v) is 7.96. The molecule has 0 amide bonds. The maximum absolute atomic E-state index is 6.10. The number of rotatable bonds is 3. The van der Waals surface area contributed by atoms with Crippen LogP contribution < -0.4 is 0 Å². The van der Waals surface area contributed by atoms with E-state index in [1.807, 2.05) is 42.5 Å². The fourth-order valence-corrected chi connectivity index (χ4v) is 3.22. The Bertz CT molecular complexity index is 621. The Morgan fingerprint density at radius 1 is 1.05 bits per heavy atom. The minimum Gasteiger partial charge on any atom is -0.361 e. The molecule has 1 nitrogen and oxygen atoms in total. The van der Waals surface area contributed by atoms with Crippen molar-refractivity contribution >= 4 is 33.1 Å². The summed E-state index contributed by atoms with van der Waals surface area (Å²) in [6.07, 6.45) is 2.21. The lowest BCUT2D eigenvalue weighted by Crippen LogP contribution is -2.25. The topological polar surface area (TPSA) is 9.23 Å². The average Bonchev–Trinajstić information content (AvgIpc) is 2.95. The number of hydrogen-bond acceptors (Lipinski definition) is 1. The number of ether oxygens (including phenoxy) is 1. The van der Waals surface area contributed by atoms with Crippen LogP contribution in [0.5, 0.6) is 0 Å². The van der Waals surface area contributed by atoms with E-state index in [9.17, 15) is 0 Å². The normalized spacial score (nSPS) is 21.8. The van der Waals surface area contributed by atoms with E-state index in [1.165, 1.54) is 11.1 Å². The molecule has 1 unspecified atom stereocenters. The Labute approximate surface area is 132 Å². The van der Waals surface area contributed by atoms with Crippen molar-refractivity contribution in [3.8, 4) is 0 Å². The van der Waals surface area contributed by atoms with Crippen LogP contribution in [0.25, 0.3) is 5.57 Å². The number of halogens is 2. The number of benzene rings is 2. The highest BCUT2D eigenvalue weighted by Crippen LogP contribution is 2.39. The molecule has 1 aliphatic rings. The largest absolute Gasteiger partial charge is 0.361 e. The Hall–Kier alpha value is -1.09. The Morgan fingerprint density at radius 3 is 2.40 bits per heavy atom. The summed E-state index contributed by atoms with van der Waals surface area (Å²) in [5.74, 6) is 0. The highest BCUT2D eigenvalue weighted by atomic mass is 79.9. The van der Waals surface area contributed by atoms with E-state index < -0.39 is 0 Å². The first-order chi connectivity index (χ1) is 9.73. The molecular weight excluding hydrogens is 336 g/mol. The van der Waals surface area contributed by atoms with Crippen molar-refractivity contribution in [2.75, 3.05) is 11.9 Å². The summed E-state index contributed by atoms with van der Waals surface area (Å²) in [6, 6.07) is 18.2. The van der Waals surface area contributed by atoms with Crippen LogP contribution in [0, 0.1) is 0 Å². The summed E-state index contributed by atoms with van der Waals surface area (Å²) in [5, 5.41) is 1.49. The van der Waals surface area contributed by atoms with Crippen LogP contribution in [-0.4, -0.2) is 11.9 Å². The molecule has 0 saturated carbocycles. The van der Waals surface area contributed by atoms with E-state index in [4.69, 9.17) is 16.3 Å². The molecule has 1 atom stereocenters. The summed E-state index contributed by atoms with van der Waals surface area (Å²) >= 11 is 9.53. The van der Waals surface area contributed by atoms with E-state index in [-0.39, 0.29) is 5.60 Å². The summed E-state index contributed by atoms with van der Waals surface area (Å²) in [5.41, 5.74) is 3.15. The van der Waals surface area contributed by atoms with Crippen LogP contribution in [-0.2, 0) is 10.3 Å². The molecule has 1 heterocycles. The van der Waals surface area contributed by atoms with Gasteiger partial charge in [-0.15, -0.1) is 0 Å². The second kappa shape index (κ2) is 5.72. The lowest BCUT2D eigenvalue weighted by Gasteiger charge is -2.24. The van der Waals surface area contributed by atoms with Gasteiger partial charge in [0.2, 0.25) is 0 Å². The molecule has 0 bridgehead atoms. The fourth-order valence-electron chi connectivity index (χ4n) is 2.44. The molecule has 0 aliphatic carbocycles. The number of hydrogen-bond donors (Lipinski definition) is 0. The molecule has 0 fully saturated rings. The van der Waals surface area contributed by atoms with Crippen LogP contribution in [0.15, 0.2) is 60.7 Å². The third-order valence-corrected chi connectivity index (χ3v) is 4.65. The van der Waals surface area contributed by atoms with Crippen molar-refractivity contribution in [1.29, 1.82) is 0 Å². The Morgan fingerprint density at radius 2 is 1.75 bits per heavy atom. The van der Waals surface area contributed by atoms with Gasteiger partial charge in [0, 0.05) is 10.4 Å². The van der Waals surface area contributed by atoms with E-state index in [0.29, 0.717) is 6.61 Å². The Kier molecular flexibility index (Phi) is 3.97. The van der Waals surface area contributed by atoms with Gasteiger partial charge >= 0.3 is 0 Å². The highest BCUT2D eigenvalue weighted by Gasteiger charge is 2.35. The van der Waals surface area contributed by atoms with Crippen molar-refractivity contribution in [3.05, 3.63) is 76.8 Å². The quantitative estimate of drug-likeness (QED) is 0.705. The third kappa shape index (κ3) is 2.56. The van der Waals surface area contributed by atoms with Crippen molar-refractivity contribution in [3.63, 3.8) is 0 Å². The molecule has 0 radical (unpaired) electrons. The molecule has 0 spiro atoms. The van der Waals surface area contributed by atoms with Crippen molar-refractivity contribution < 1.29 is 4.74 Å². The van der Waals surface area contributed by atoms with Crippen molar-refractivity contribution in [2.45, 2.75) is 5.60 Å². The van der Waals surface area contributed by atoms with Gasteiger partial charge in [-0.2, -0.15) is 0 Å². The second-order valence-electron chi connectivity index (χ2n) is 4.85. The molecule has 2 aromatic carbocycles. The summed E-state index contributed by atoms with van der Waals surface area (Å²) in [4.78, 5) is 0. The van der Waals surface area contributed by atoms with E-state index in [0.717, 1.165) is 15.9 Å². The van der Waals surface area contributed by atoms with Crippen LogP contribution in [0.4, 0.5) is 0 Å². The van der Waals surface area contributed by atoms with Gasteiger partial charge in [-0.05, 0) is 34.9 Å². The van der Waals surface area contributed by atoms with E-state index in [2.05, 4.69) is 34.1 Å². The SMILES string of the molecule is Clc1ccc(C2=CC(CBr)(c3ccccc3)OC2)cc1. The van der Waals surface area contributed by atoms with Crippen LogP contribution in [0.3, 0.4) is 0 Å². The lowest BCUT2D eigenvalue weighted by atomic mass is 9.94. The molecule has 3 heteroatoms. The molecular formula is C17H14BrClO. The molecule has 1 aliphatic heterocycles. The lowest BCUT2D eigenvalue weighted by molar-refractivity contribution is 0.0457. The minimum absolute atomic E-state index is 0.379. The average molecular weight is 350 g/mol. The predicted molar refractivity (Wildman–Crippen MR) is 87.3 cm³/mol. The van der Waals surface area contributed by atoms with Crippen LogP contribution in [0.2, 0.25) is 5.02 Å². The maximum atomic E-state index is 6.10. The third-order valence-electron chi connectivity index (χ3n) is 3.57. The Balaban J connectivity index is 1.98. The molecule has 102 valence electrons. The zero-order valence-corrected chi connectivity index (χ0v) is 13.2. The first kappa shape index (κ1) is 13.9. The summed E-state index contributed by atoms with van der Waals surface area (Å²) < 4.78 is 6.10. The van der Waals surface area contributed by atoms with Gasteiger partial charge in [-0.3, -0.25) is 0 Å². The predicted octanol–water partition coefficient (Wildman–Crippen LogP) is 5.04. The second-order valence-corrected chi connectivity index (χ2v) is 5.85. The van der Waals surface area contributed by atoms with Gasteiger partial charge in [-0.1, -0.05) is 70.0 Å². The number of alkyl halides is 1. The maximum Gasteiger partial charge on any atom is 0.122 e. The van der Waals surface area contributed by atoms with Crippen LogP contribution >= 0.6 is 27.5 Å². The van der Waals surface area contributed by atoms with Crippen molar-refractivity contribution in [1.82, 2.24) is 0 Å². The summed E-state index contributed by atoms with van der Waals surface area (Å²) in [6.45, 7) is 0.613. The van der Waals surface area contributed by atoms with Gasteiger partial charge in [0.25, 0.3) is 0 Å². The standard InChI is InChI=1S/C17H14BrClO/c18-12-17(15-4-2-1-3-5-15)10-14(11-20-17)13-6-8-16(19)9-7-13/h1-10H,11-12H2. The minimum atomic E-state index is -0.379. The molecule has 20 heavy (non-hydrogen) atoms. The molecule has 3 rings (SSSR count). The summed E-state index contributed by atoms with van der Waals surface area (Å²) in [7, 11) is 0. The molecule has 2 aromatic rings. The van der Waals surface area contributed by atoms with Gasteiger partial charge in [-0.25, -0.2) is 0 Å². The first-order valence-electron chi connectivity index (χ1n) is 6.47. The monoisotopic (exact) mass is 348 g/mol.